The standard InChI is InChI=1S/C23H29BrO4/c1-13(25)23(28-14(2)26)10-7-18-16-12-20(24)19-11-15(27)5-8-21(19,3)17(16)6-9-22(18,23)4/h11-12,16-18H,5-10H2,1-4H3/t16-,17+,18+,21-,22+,23+/m0/s1. The van der Waals surface area contributed by atoms with Crippen molar-refractivity contribution in [3.05, 3.63) is 22.2 Å². The van der Waals surface area contributed by atoms with E-state index in [2.05, 4.69) is 35.9 Å². The summed E-state index contributed by atoms with van der Waals surface area (Å²) in [4.78, 5) is 36.7. The van der Waals surface area contributed by atoms with Gasteiger partial charge in [0.1, 0.15) is 0 Å². The average Bonchev–Trinajstić information content (AvgIpc) is 2.90. The average molecular weight is 449 g/mol. The van der Waals surface area contributed by atoms with E-state index < -0.39 is 5.60 Å². The lowest BCUT2D eigenvalue weighted by Gasteiger charge is -2.57. The third-order valence-corrected chi connectivity index (χ3v) is 9.26. The molecule has 0 amide bonds. The van der Waals surface area contributed by atoms with Gasteiger partial charge in [-0.25, -0.2) is 0 Å². The fourth-order valence-corrected chi connectivity index (χ4v) is 8.01. The van der Waals surface area contributed by atoms with Gasteiger partial charge in [0.05, 0.1) is 0 Å². The summed E-state index contributed by atoms with van der Waals surface area (Å²) >= 11 is 3.76. The number of ether oxygens (including phenoxy) is 1. The Morgan fingerprint density at radius 2 is 1.79 bits per heavy atom. The number of esters is 1. The first-order chi connectivity index (χ1) is 13.0. The number of hydrogen-bond acceptors (Lipinski definition) is 4. The van der Waals surface area contributed by atoms with E-state index in [4.69, 9.17) is 4.74 Å². The fraction of sp³-hybridized carbons (Fsp3) is 0.696. The third kappa shape index (κ3) is 2.50. The van der Waals surface area contributed by atoms with E-state index in [1.165, 1.54) is 6.92 Å². The van der Waals surface area contributed by atoms with Crippen LogP contribution in [0.1, 0.15) is 66.2 Å². The summed E-state index contributed by atoms with van der Waals surface area (Å²) in [6.45, 7) is 7.44. The smallest absolute Gasteiger partial charge is 0.303 e. The van der Waals surface area contributed by atoms with Gasteiger partial charge in [-0.15, -0.1) is 0 Å². The van der Waals surface area contributed by atoms with E-state index in [-0.39, 0.29) is 34.3 Å². The van der Waals surface area contributed by atoms with E-state index >= 15 is 0 Å². The summed E-state index contributed by atoms with van der Waals surface area (Å²) < 4.78 is 6.84. The van der Waals surface area contributed by atoms with Gasteiger partial charge in [-0.3, -0.25) is 14.4 Å². The highest BCUT2D eigenvalue weighted by molar-refractivity contribution is 9.12. The molecular weight excluding hydrogens is 420 g/mol. The van der Waals surface area contributed by atoms with Crippen LogP contribution in [0.3, 0.4) is 0 Å². The second kappa shape index (κ2) is 6.38. The first kappa shape index (κ1) is 20.1. The molecule has 0 spiro atoms. The molecule has 0 N–H and O–H groups in total. The SMILES string of the molecule is CC(=O)O[C@@]1(C(C)=O)CC[C@@H]2[C@H]3C=C(Br)C4=CC(=O)CC[C@@]4(C)[C@@H]3CC[C@]21C. The monoisotopic (exact) mass is 448 g/mol. The molecule has 2 saturated carbocycles. The largest absolute Gasteiger partial charge is 0.451 e. The second-order valence-corrected chi connectivity index (χ2v) is 10.6. The van der Waals surface area contributed by atoms with Gasteiger partial charge in [0.25, 0.3) is 0 Å². The molecule has 0 aromatic rings. The van der Waals surface area contributed by atoms with Gasteiger partial charge in [0.15, 0.2) is 17.2 Å². The van der Waals surface area contributed by atoms with Crippen molar-refractivity contribution in [3.63, 3.8) is 0 Å². The molecule has 0 bridgehead atoms. The van der Waals surface area contributed by atoms with Crippen LogP contribution in [0.25, 0.3) is 0 Å². The molecule has 28 heavy (non-hydrogen) atoms. The predicted octanol–water partition coefficient (Wildman–Crippen LogP) is 4.91. The molecule has 4 rings (SSSR count). The van der Waals surface area contributed by atoms with Gasteiger partial charge in [-0.2, -0.15) is 0 Å². The highest BCUT2D eigenvalue weighted by atomic mass is 79.9. The molecule has 5 heteroatoms. The summed E-state index contributed by atoms with van der Waals surface area (Å²) in [5.74, 6) is 0.871. The molecule has 152 valence electrons. The molecule has 0 aromatic carbocycles. The Morgan fingerprint density at radius 3 is 2.43 bits per heavy atom. The highest BCUT2D eigenvalue weighted by Gasteiger charge is 2.67. The summed E-state index contributed by atoms with van der Waals surface area (Å²) in [5.41, 5.74) is -0.230. The maximum atomic E-state index is 12.8. The number of ketones is 2. The van der Waals surface area contributed by atoms with E-state index in [0.717, 1.165) is 35.7 Å². The van der Waals surface area contributed by atoms with Crippen LogP contribution < -0.4 is 0 Å². The molecule has 0 unspecified atom stereocenters. The lowest BCUT2D eigenvalue weighted by molar-refractivity contribution is -0.185. The Kier molecular flexibility index (Phi) is 4.57. The number of fused-ring (bicyclic) bond motifs is 5. The van der Waals surface area contributed by atoms with Crippen LogP contribution in [0.4, 0.5) is 0 Å². The van der Waals surface area contributed by atoms with Crippen molar-refractivity contribution >= 4 is 33.5 Å². The molecule has 4 nitrogen and oxygen atoms in total. The third-order valence-electron chi connectivity index (χ3n) is 8.56. The molecular formula is C23H29BrO4. The van der Waals surface area contributed by atoms with Crippen molar-refractivity contribution in [1.29, 1.82) is 0 Å². The number of hydrogen-bond donors (Lipinski definition) is 0. The van der Waals surface area contributed by atoms with Crippen LogP contribution in [0.15, 0.2) is 22.2 Å². The lowest BCUT2D eigenvalue weighted by atomic mass is 9.48. The van der Waals surface area contributed by atoms with Crippen molar-refractivity contribution in [1.82, 2.24) is 0 Å². The van der Waals surface area contributed by atoms with Crippen molar-refractivity contribution in [3.8, 4) is 0 Å². The van der Waals surface area contributed by atoms with Crippen molar-refractivity contribution in [2.45, 2.75) is 71.8 Å². The number of halogens is 1. The normalized spacial score (nSPS) is 44.6. The number of carbonyl (C=O) groups is 3. The van der Waals surface area contributed by atoms with E-state index in [1.54, 1.807) is 6.92 Å². The highest BCUT2D eigenvalue weighted by Crippen LogP contribution is 2.68. The number of carbonyl (C=O) groups excluding carboxylic acids is 3. The zero-order valence-corrected chi connectivity index (χ0v) is 18.7. The van der Waals surface area contributed by atoms with Gasteiger partial charge >= 0.3 is 5.97 Å². The van der Waals surface area contributed by atoms with Crippen LogP contribution in [-0.2, 0) is 19.1 Å². The second-order valence-electron chi connectivity index (χ2n) is 9.72. The lowest BCUT2D eigenvalue weighted by Crippen LogP contribution is -2.58. The van der Waals surface area contributed by atoms with Gasteiger partial charge in [-0.05, 0) is 73.8 Å². The van der Waals surface area contributed by atoms with E-state index in [1.807, 2.05) is 6.08 Å². The van der Waals surface area contributed by atoms with Crippen LogP contribution in [-0.4, -0.2) is 23.1 Å². The molecule has 4 aliphatic carbocycles. The first-order valence-corrected chi connectivity index (χ1v) is 11.2. The minimum Gasteiger partial charge on any atom is -0.451 e. The van der Waals surface area contributed by atoms with Crippen molar-refractivity contribution < 1.29 is 19.1 Å². The van der Waals surface area contributed by atoms with Crippen LogP contribution in [0.2, 0.25) is 0 Å². The predicted molar refractivity (Wildman–Crippen MR) is 110 cm³/mol. The maximum Gasteiger partial charge on any atom is 0.303 e. The van der Waals surface area contributed by atoms with Crippen LogP contribution in [0.5, 0.6) is 0 Å². The molecule has 4 aliphatic rings. The van der Waals surface area contributed by atoms with Crippen molar-refractivity contribution in [2.24, 2.45) is 28.6 Å². The fourth-order valence-electron chi connectivity index (χ4n) is 7.13. The minimum atomic E-state index is -1.01. The Labute approximate surface area is 175 Å². The molecule has 2 fully saturated rings. The summed E-state index contributed by atoms with van der Waals surface area (Å²) in [7, 11) is 0. The first-order valence-electron chi connectivity index (χ1n) is 10.4. The Morgan fingerprint density at radius 1 is 1.11 bits per heavy atom. The Bertz CT molecular complexity index is 826. The topological polar surface area (TPSA) is 60.4 Å². The van der Waals surface area contributed by atoms with Gasteiger partial charge < -0.3 is 4.74 Å². The molecule has 6 atom stereocenters. The summed E-state index contributed by atoms with van der Waals surface area (Å²) in [5, 5.41) is 0. The summed E-state index contributed by atoms with van der Waals surface area (Å²) in [6, 6.07) is 0. The number of Topliss-reactive ketones (excluding diaryl/α,β-unsaturated/α-hetero) is 1. The zero-order valence-electron chi connectivity index (χ0n) is 17.1. The molecule has 0 radical (unpaired) electrons. The Balaban J connectivity index is 1.79. The van der Waals surface area contributed by atoms with Gasteiger partial charge in [0.2, 0.25) is 0 Å². The number of rotatable bonds is 2. The summed E-state index contributed by atoms with van der Waals surface area (Å²) in [6.07, 6.45) is 8.94. The number of allylic oxidation sites excluding steroid dienone is 4. The van der Waals surface area contributed by atoms with Crippen LogP contribution in [0, 0.1) is 28.6 Å². The van der Waals surface area contributed by atoms with Gasteiger partial charge in [-0.1, -0.05) is 35.9 Å². The molecule has 0 heterocycles. The molecule has 0 aromatic heterocycles. The van der Waals surface area contributed by atoms with Crippen LogP contribution >= 0.6 is 15.9 Å². The maximum absolute atomic E-state index is 12.8. The van der Waals surface area contributed by atoms with E-state index in [0.29, 0.717) is 24.7 Å². The zero-order chi connectivity index (χ0) is 20.5. The molecule has 0 saturated heterocycles. The quantitative estimate of drug-likeness (QED) is 0.563. The van der Waals surface area contributed by atoms with Gasteiger partial charge in [0, 0.05) is 23.2 Å². The van der Waals surface area contributed by atoms with E-state index in [9.17, 15) is 14.4 Å². The van der Waals surface area contributed by atoms with Crippen molar-refractivity contribution in [2.75, 3.05) is 0 Å². The Hall–Kier alpha value is -1.23. The molecule has 0 aliphatic heterocycles. The minimum absolute atomic E-state index is 0.0175.